The Morgan fingerprint density at radius 1 is 1.17 bits per heavy atom. The number of benzene rings is 1. The molecule has 0 fully saturated rings. The fourth-order valence-electron chi connectivity index (χ4n) is 1.30. The molecule has 1 heterocycles. The lowest BCUT2D eigenvalue weighted by molar-refractivity contribution is 1.37. The Morgan fingerprint density at radius 3 is 2.58 bits per heavy atom. The predicted molar refractivity (Wildman–Crippen MR) is 55.7 cm³/mol. The summed E-state index contributed by atoms with van der Waals surface area (Å²) in [5.74, 6) is 0. The van der Waals surface area contributed by atoms with Crippen molar-refractivity contribution in [2.75, 3.05) is 5.73 Å². The van der Waals surface area contributed by atoms with Gasteiger partial charge in [0.2, 0.25) is 0 Å². The number of hydrogen-bond donors (Lipinski definition) is 1. The van der Waals surface area contributed by atoms with Gasteiger partial charge in [0.05, 0.1) is 5.69 Å². The van der Waals surface area contributed by atoms with Crippen molar-refractivity contribution in [2.45, 2.75) is 13.8 Å². The monoisotopic (exact) mass is 177 g/mol. The number of hydrogen-bond acceptors (Lipinski definition) is 2. The maximum absolute atomic E-state index is 5.81. The summed E-state index contributed by atoms with van der Waals surface area (Å²) in [7, 11) is 0. The number of anilines is 1. The molecule has 1 aromatic heterocycles. The second kappa shape index (κ2) is 2.49. The van der Waals surface area contributed by atoms with Crippen molar-refractivity contribution in [2.24, 2.45) is 0 Å². The number of aryl methyl sites for hydroxylation is 2. The largest absolute Gasteiger partial charge is 0.398 e. The highest BCUT2D eigenvalue weighted by molar-refractivity contribution is 7.17. The molecule has 0 aliphatic rings. The Kier molecular flexibility index (Phi) is 1.58. The first-order chi connectivity index (χ1) is 5.68. The Labute approximate surface area is 75.8 Å². The van der Waals surface area contributed by atoms with E-state index < -0.39 is 0 Å². The molecule has 0 saturated carbocycles. The van der Waals surface area contributed by atoms with Crippen LogP contribution in [0.15, 0.2) is 17.5 Å². The lowest BCUT2D eigenvalue weighted by atomic mass is 10.1. The number of rotatable bonds is 0. The van der Waals surface area contributed by atoms with Crippen LogP contribution in [-0.4, -0.2) is 0 Å². The van der Waals surface area contributed by atoms with E-state index in [1.54, 1.807) is 11.3 Å². The summed E-state index contributed by atoms with van der Waals surface area (Å²) in [4.78, 5) is 0. The Bertz CT molecular complexity index is 429. The zero-order valence-corrected chi connectivity index (χ0v) is 8.03. The maximum Gasteiger partial charge on any atom is 0.0502 e. The molecule has 1 aromatic carbocycles. The van der Waals surface area contributed by atoms with Gasteiger partial charge in [-0.1, -0.05) is 0 Å². The van der Waals surface area contributed by atoms with Crippen LogP contribution in [0.5, 0.6) is 0 Å². The van der Waals surface area contributed by atoms with Gasteiger partial charge in [0, 0.05) is 15.5 Å². The van der Waals surface area contributed by atoms with Crippen molar-refractivity contribution in [1.82, 2.24) is 0 Å². The third kappa shape index (κ3) is 0.994. The smallest absolute Gasteiger partial charge is 0.0502 e. The van der Waals surface area contributed by atoms with Crippen LogP contribution in [0.2, 0.25) is 0 Å². The van der Waals surface area contributed by atoms with Gasteiger partial charge in [0.15, 0.2) is 0 Å². The van der Waals surface area contributed by atoms with Crippen LogP contribution in [0.3, 0.4) is 0 Å². The minimum Gasteiger partial charge on any atom is -0.398 e. The van der Waals surface area contributed by atoms with Crippen LogP contribution in [0.25, 0.3) is 10.1 Å². The van der Waals surface area contributed by atoms with Crippen molar-refractivity contribution in [3.63, 3.8) is 0 Å². The van der Waals surface area contributed by atoms with Crippen molar-refractivity contribution < 1.29 is 0 Å². The quantitative estimate of drug-likeness (QED) is 0.657. The molecule has 0 radical (unpaired) electrons. The molecule has 2 N–H and O–H groups in total. The van der Waals surface area contributed by atoms with Gasteiger partial charge in [-0.15, -0.1) is 11.3 Å². The molecule has 0 aliphatic carbocycles. The number of fused-ring (bicyclic) bond motifs is 1. The second-order valence-electron chi connectivity index (χ2n) is 3.12. The fourth-order valence-corrected chi connectivity index (χ4v) is 2.23. The molecule has 1 nitrogen and oxygen atoms in total. The van der Waals surface area contributed by atoms with E-state index in [1.165, 1.54) is 21.2 Å². The van der Waals surface area contributed by atoms with E-state index in [0.717, 1.165) is 5.69 Å². The number of thiophene rings is 1. The van der Waals surface area contributed by atoms with E-state index >= 15 is 0 Å². The molecule has 0 atom stereocenters. The molecule has 0 bridgehead atoms. The molecule has 12 heavy (non-hydrogen) atoms. The summed E-state index contributed by atoms with van der Waals surface area (Å²) in [6.45, 7) is 4.25. The topological polar surface area (TPSA) is 26.0 Å². The second-order valence-corrected chi connectivity index (χ2v) is 4.03. The predicted octanol–water partition coefficient (Wildman–Crippen LogP) is 3.10. The first kappa shape index (κ1) is 7.62. The average molecular weight is 177 g/mol. The van der Waals surface area contributed by atoms with Gasteiger partial charge in [0.25, 0.3) is 0 Å². The molecule has 2 rings (SSSR count). The SMILES string of the molecule is Cc1cc2scc(N)c2cc1C. The molecular formula is C10H11NS. The van der Waals surface area contributed by atoms with E-state index in [2.05, 4.69) is 26.0 Å². The third-order valence-electron chi connectivity index (χ3n) is 2.22. The van der Waals surface area contributed by atoms with E-state index in [4.69, 9.17) is 5.73 Å². The van der Waals surface area contributed by atoms with Gasteiger partial charge in [0.1, 0.15) is 0 Å². The standard InChI is InChI=1S/C10H11NS/c1-6-3-8-9(11)5-12-10(8)4-7(6)2/h3-5H,11H2,1-2H3. The van der Waals surface area contributed by atoms with Gasteiger partial charge >= 0.3 is 0 Å². The fraction of sp³-hybridized carbons (Fsp3) is 0.200. The number of nitrogen functional groups attached to an aromatic ring is 1. The first-order valence-electron chi connectivity index (χ1n) is 3.92. The number of nitrogens with two attached hydrogens (primary N) is 1. The molecule has 2 aromatic rings. The Balaban J connectivity index is 2.87. The summed E-state index contributed by atoms with van der Waals surface area (Å²) in [6.07, 6.45) is 0. The van der Waals surface area contributed by atoms with Crippen molar-refractivity contribution in [3.8, 4) is 0 Å². The van der Waals surface area contributed by atoms with E-state index in [9.17, 15) is 0 Å². The lowest BCUT2D eigenvalue weighted by Crippen LogP contribution is -1.83. The van der Waals surface area contributed by atoms with Crippen LogP contribution in [0.4, 0.5) is 5.69 Å². The van der Waals surface area contributed by atoms with Crippen LogP contribution in [0.1, 0.15) is 11.1 Å². The minimum absolute atomic E-state index is 0.901. The third-order valence-corrected chi connectivity index (χ3v) is 3.18. The summed E-state index contributed by atoms with van der Waals surface area (Å²) >= 11 is 1.71. The molecule has 2 heteroatoms. The summed E-state index contributed by atoms with van der Waals surface area (Å²) in [5, 5.41) is 3.20. The molecule has 0 amide bonds. The molecule has 0 aliphatic heterocycles. The van der Waals surface area contributed by atoms with Gasteiger partial charge < -0.3 is 5.73 Å². The van der Waals surface area contributed by atoms with Crippen LogP contribution in [0, 0.1) is 13.8 Å². The normalized spacial score (nSPS) is 10.8. The van der Waals surface area contributed by atoms with E-state index in [1.807, 2.05) is 5.38 Å². The van der Waals surface area contributed by atoms with Crippen molar-refractivity contribution >= 4 is 27.1 Å². The van der Waals surface area contributed by atoms with Crippen LogP contribution >= 0.6 is 11.3 Å². The van der Waals surface area contributed by atoms with Crippen LogP contribution in [-0.2, 0) is 0 Å². The van der Waals surface area contributed by atoms with E-state index in [0.29, 0.717) is 0 Å². The average Bonchev–Trinajstić information content (AvgIpc) is 2.35. The van der Waals surface area contributed by atoms with Gasteiger partial charge in [-0.3, -0.25) is 0 Å². The summed E-state index contributed by atoms with van der Waals surface area (Å²) in [6, 6.07) is 4.36. The van der Waals surface area contributed by atoms with Gasteiger partial charge in [-0.2, -0.15) is 0 Å². The Hall–Kier alpha value is -1.02. The molecule has 0 unspecified atom stereocenters. The minimum atomic E-state index is 0.901. The molecule has 62 valence electrons. The highest BCUT2D eigenvalue weighted by Gasteiger charge is 2.02. The summed E-state index contributed by atoms with van der Waals surface area (Å²) < 4.78 is 1.29. The zero-order valence-electron chi connectivity index (χ0n) is 7.22. The highest BCUT2D eigenvalue weighted by atomic mass is 32.1. The molecular weight excluding hydrogens is 166 g/mol. The highest BCUT2D eigenvalue weighted by Crippen LogP contribution is 2.29. The maximum atomic E-state index is 5.81. The molecule has 0 saturated heterocycles. The van der Waals surface area contributed by atoms with Crippen molar-refractivity contribution in [1.29, 1.82) is 0 Å². The van der Waals surface area contributed by atoms with Gasteiger partial charge in [-0.05, 0) is 37.1 Å². The van der Waals surface area contributed by atoms with Gasteiger partial charge in [-0.25, -0.2) is 0 Å². The van der Waals surface area contributed by atoms with Crippen LogP contribution < -0.4 is 5.73 Å². The summed E-state index contributed by atoms with van der Waals surface area (Å²) in [5.41, 5.74) is 9.36. The lowest BCUT2D eigenvalue weighted by Gasteiger charge is -1.99. The van der Waals surface area contributed by atoms with E-state index in [-0.39, 0.29) is 0 Å². The first-order valence-corrected chi connectivity index (χ1v) is 4.80. The molecule has 0 spiro atoms. The Morgan fingerprint density at radius 2 is 1.83 bits per heavy atom. The van der Waals surface area contributed by atoms with Crippen molar-refractivity contribution in [3.05, 3.63) is 28.6 Å². The zero-order chi connectivity index (χ0) is 8.72.